The quantitative estimate of drug-likeness (QED) is 0.690. The lowest BCUT2D eigenvalue weighted by atomic mass is 10.0. The van der Waals surface area contributed by atoms with Crippen LogP contribution >= 0.6 is 11.3 Å². The summed E-state index contributed by atoms with van der Waals surface area (Å²) < 4.78 is 0. The van der Waals surface area contributed by atoms with E-state index in [1.807, 2.05) is 11.3 Å². The molecule has 0 radical (unpaired) electrons. The van der Waals surface area contributed by atoms with Crippen LogP contribution in [0.2, 0.25) is 0 Å². The van der Waals surface area contributed by atoms with Crippen molar-refractivity contribution in [1.29, 1.82) is 0 Å². The fourth-order valence-corrected chi connectivity index (χ4v) is 2.45. The molecule has 0 aliphatic carbocycles. The molecule has 1 aromatic heterocycles. The van der Waals surface area contributed by atoms with Crippen LogP contribution in [0.4, 0.5) is 0 Å². The topological polar surface area (TPSA) is 38.0 Å². The first kappa shape index (κ1) is 8.23. The van der Waals surface area contributed by atoms with Gasteiger partial charge in [0.25, 0.3) is 0 Å². The van der Waals surface area contributed by atoms with Gasteiger partial charge in [0, 0.05) is 23.5 Å². The fraction of sp³-hybridized carbons (Fsp3) is 0.556. The average Bonchev–Trinajstić information content (AvgIpc) is 2.58. The number of thiophene rings is 1. The fourth-order valence-electron chi connectivity index (χ4n) is 1.61. The van der Waals surface area contributed by atoms with Crippen LogP contribution in [0.3, 0.4) is 0 Å². The maximum Gasteiger partial charge on any atom is 0.0415 e. The molecule has 66 valence electrons. The molecular weight excluding hydrogens is 168 g/mol. The van der Waals surface area contributed by atoms with E-state index in [4.69, 9.17) is 5.73 Å². The Bertz CT molecular complexity index is 225. The maximum atomic E-state index is 5.79. The number of rotatable bonds is 1. The molecule has 0 aromatic carbocycles. The summed E-state index contributed by atoms with van der Waals surface area (Å²) in [7, 11) is 0. The summed E-state index contributed by atoms with van der Waals surface area (Å²) in [5, 5.41) is 5.59. The Balaban J connectivity index is 1.99. The minimum absolute atomic E-state index is 0.362. The molecule has 2 atom stereocenters. The zero-order valence-electron chi connectivity index (χ0n) is 6.99. The molecule has 0 saturated carbocycles. The third kappa shape index (κ3) is 1.68. The van der Waals surface area contributed by atoms with E-state index in [0.29, 0.717) is 12.1 Å². The van der Waals surface area contributed by atoms with Crippen molar-refractivity contribution in [3.05, 3.63) is 22.4 Å². The monoisotopic (exact) mass is 182 g/mol. The second-order valence-corrected chi connectivity index (χ2v) is 4.29. The summed E-state index contributed by atoms with van der Waals surface area (Å²) in [6.45, 7) is 0.961. The zero-order valence-corrected chi connectivity index (χ0v) is 7.81. The smallest absolute Gasteiger partial charge is 0.0415 e. The first-order valence-electron chi connectivity index (χ1n) is 4.38. The van der Waals surface area contributed by atoms with Gasteiger partial charge in [0.1, 0.15) is 0 Å². The lowest BCUT2D eigenvalue weighted by Gasteiger charge is -2.26. The first-order chi connectivity index (χ1) is 5.86. The lowest BCUT2D eigenvalue weighted by Crippen LogP contribution is -2.40. The molecule has 0 bridgehead atoms. The van der Waals surface area contributed by atoms with Crippen molar-refractivity contribution in [2.45, 2.75) is 24.9 Å². The van der Waals surface area contributed by atoms with E-state index >= 15 is 0 Å². The highest BCUT2D eigenvalue weighted by Gasteiger charge is 2.19. The van der Waals surface area contributed by atoms with Crippen LogP contribution in [0.25, 0.3) is 0 Å². The van der Waals surface area contributed by atoms with E-state index < -0.39 is 0 Å². The molecule has 1 fully saturated rings. The van der Waals surface area contributed by atoms with E-state index in [2.05, 4.69) is 22.8 Å². The van der Waals surface area contributed by atoms with Crippen molar-refractivity contribution < 1.29 is 0 Å². The van der Waals surface area contributed by atoms with Gasteiger partial charge >= 0.3 is 0 Å². The van der Waals surface area contributed by atoms with E-state index in [-0.39, 0.29) is 0 Å². The first-order valence-corrected chi connectivity index (χ1v) is 5.26. The van der Waals surface area contributed by atoms with Crippen molar-refractivity contribution in [1.82, 2.24) is 5.32 Å². The predicted octanol–water partition coefficient (Wildman–Crippen LogP) is 1.50. The minimum Gasteiger partial charge on any atom is -0.327 e. The van der Waals surface area contributed by atoms with Gasteiger partial charge in [0.2, 0.25) is 0 Å². The van der Waals surface area contributed by atoms with Gasteiger partial charge in [-0.25, -0.2) is 0 Å². The predicted molar refractivity (Wildman–Crippen MR) is 52.3 cm³/mol. The summed E-state index contributed by atoms with van der Waals surface area (Å²) in [6.07, 6.45) is 2.33. The highest BCUT2D eigenvalue weighted by Crippen LogP contribution is 2.25. The van der Waals surface area contributed by atoms with Crippen LogP contribution in [-0.4, -0.2) is 12.6 Å². The normalized spacial score (nSPS) is 30.4. The molecule has 2 rings (SSSR count). The average molecular weight is 182 g/mol. The summed E-state index contributed by atoms with van der Waals surface area (Å²) in [6, 6.07) is 5.22. The van der Waals surface area contributed by atoms with Crippen LogP contribution in [0.1, 0.15) is 23.8 Å². The summed E-state index contributed by atoms with van der Waals surface area (Å²) in [5.74, 6) is 0. The van der Waals surface area contributed by atoms with E-state index in [1.54, 1.807) is 0 Å². The van der Waals surface area contributed by atoms with Gasteiger partial charge in [-0.2, -0.15) is 0 Å². The molecule has 1 saturated heterocycles. The molecule has 2 nitrogen and oxygen atoms in total. The van der Waals surface area contributed by atoms with Gasteiger partial charge in [-0.3, -0.25) is 0 Å². The largest absolute Gasteiger partial charge is 0.327 e. The van der Waals surface area contributed by atoms with Crippen LogP contribution in [0.15, 0.2) is 17.5 Å². The number of hydrogen-bond acceptors (Lipinski definition) is 3. The standard InChI is InChI=1S/C9H14N2S/c10-7-3-4-8(11-6-7)9-2-1-5-12-9/h1-2,5,7-8,11H,3-4,6,10H2. The van der Waals surface area contributed by atoms with E-state index in [9.17, 15) is 0 Å². The Morgan fingerprint density at radius 3 is 3.00 bits per heavy atom. The highest BCUT2D eigenvalue weighted by molar-refractivity contribution is 7.10. The molecule has 0 amide bonds. The second kappa shape index (κ2) is 3.56. The SMILES string of the molecule is NC1CCC(c2cccs2)NC1. The van der Waals surface area contributed by atoms with Crippen molar-refractivity contribution in [3.63, 3.8) is 0 Å². The van der Waals surface area contributed by atoms with Crippen LogP contribution in [0, 0.1) is 0 Å². The number of nitrogens with one attached hydrogen (secondary N) is 1. The Labute approximate surface area is 76.8 Å². The third-order valence-electron chi connectivity index (χ3n) is 2.34. The van der Waals surface area contributed by atoms with Gasteiger partial charge in [-0.15, -0.1) is 11.3 Å². The van der Waals surface area contributed by atoms with Crippen molar-refractivity contribution >= 4 is 11.3 Å². The number of nitrogens with two attached hydrogens (primary N) is 1. The Hall–Kier alpha value is -0.380. The highest BCUT2D eigenvalue weighted by atomic mass is 32.1. The van der Waals surface area contributed by atoms with Crippen LogP contribution in [0.5, 0.6) is 0 Å². The molecule has 1 aromatic rings. The van der Waals surface area contributed by atoms with Gasteiger partial charge in [0.05, 0.1) is 0 Å². The number of piperidine rings is 1. The Morgan fingerprint density at radius 1 is 1.50 bits per heavy atom. The van der Waals surface area contributed by atoms with Gasteiger partial charge in [-0.05, 0) is 24.3 Å². The summed E-state index contributed by atoms with van der Waals surface area (Å²) in [4.78, 5) is 1.45. The van der Waals surface area contributed by atoms with Gasteiger partial charge in [-0.1, -0.05) is 6.07 Å². The van der Waals surface area contributed by atoms with Crippen molar-refractivity contribution in [2.75, 3.05) is 6.54 Å². The Kier molecular flexibility index (Phi) is 2.44. The lowest BCUT2D eigenvalue weighted by molar-refractivity contribution is 0.377. The molecule has 2 heterocycles. The molecule has 2 unspecified atom stereocenters. The summed E-state index contributed by atoms with van der Waals surface area (Å²) in [5.41, 5.74) is 5.79. The Morgan fingerprint density at radius 2 is 2.42 bits per heavy atom. The van der Waals surface area contributed by atoms with Gasteiger partial charge < -0.3 is 11.1 Å². The van der Waals surface area contributed by atoms with E-state index in [1.165, 1.54) is 11.3 Å². The maximum absolute atomic E-state index is 5.79. The van der Waals surface area contributed by atoms with Gasteiger partial charge in [0.15, 0.2) is 0 Å². The molecule has 12 heavy (non-hydrogen) atoms. The molecule has 3 heteroatoms. The van der Waals surface area contributed by atoms with Crippen molar-refractivity contribution in [3.8, 4) is 0 Å². The van der Waals surface area contributed by atoms with E-state index in [0.717, 1.165) is 13.0 Å². The molecule has 0 spiro atoms. The third-order valence-corrected chi connectivity index (χ3v) is 3.33. The molecule has 3 N–H and O–H groups in total. The minimum atomic E-state index is 0.362. The molecule has 1 aliphatic heterocycles. The van der Waals surface area contributed by atoms with Crippen LogP contribution < -0.4 is 11.1 Å². The molecule has 1 aliphatic rings. The summed E-state index contributed by atoms with van der Waals surface area (Å²) >= 11 is 1.83. The number of hydrogen-bond donors (Lipinski definition) is 2. The molecular formula is C9H14N2S. The zero-order chi connectivity index (χ0) is 8.39. The van der Waals surface area contributed by atoms with Crippen LogP contribution in [-0.2, 0) is 0 Å². The second-order valence-electron chi connectivity index (χ2n) is 3.31. The van der Waals surface area contributed by atoms with Crippen molar-refractivity contribution in [2.24, 2.45) is 5.73 Å².